The van der Waals surface area contributed by atoms with Gasteiger partial charge < -0.3 is 19.1 Å². The zero-order valence-electron chi connectivity index (χ0n) is 35.1. The third-order valence-electron chi connectivity index (χ3n) is 11.8. The van der Waals surface area contributed by atoms with E-state index in [9.17, 15) is 9.59 Å². The number of carbonyl (C=O) groups excluding carboxylic acids is 2. The molecule has 0 bridgehead atoms. The molecule has 2 aliphatic rings. The number of likely N-dealkylation sites (N-methyl/N-ethyl adjacent to an activating group) is 1. The van der Waals surface area contributed by atoms with E-state index in [4.69, 9.17) is 31.4 Å². The Bertz CT molecular complexity index is 2350. The van der Waals surface area contributed by atoms with Gasteiger partial charge in [-0.2, -0.15) is 0 Å². The number of thiocarbonyl (C=S) groups is 1. The van der Waals surface area contributed by atoms with E-state index in [-0.39, 0.29) is 22.6 Å². The number of ether oxygens (including phenoxy) is 3. The molecule has 0 N–H and O–H groups in total. The van der Waals surface area contributed by atoms with Gasteiger partial charge >= 0.3 is 11.9 Å². The summed E-state index contributed by atoms with van der Waals surface area (Å²) in [5.41, 5.74) is 4.62. The first-order valence-corrected chi connectivity index (χ1v) is 23.3. The van der Waals surface area contributed by atoms with Gasteiger partial charge in [-0.15, -0.1) is 11.8 Å². The number of para-hydroxylation sites is 1. The Morgan fingerprint density at radius 1 is 0.900 bits per heavy atom. The maximum atomic E-state index is 13.5. The van der Waals surface area contributed by atoms with Crippen molar-refractivity contribution in [2.75, 3.05) is 24.3 Å². The molecule has 2 heterocycles. The van der Waals surface area contributed by atoms with Crippen molar-refractivity contribution in [3.05, 3.63) is 131 Å². The van der Waals surface area contributed by atoms with Gasteiger partial charge in [-0.25, -0.2) is 4.79 Å². The molecule has 10 heteroatoms. The summed E-state index contributed by atoms with van der Waals surface area (Å²) in [5, 5.41) is 1.43. The number of benzene rings is 5. The van der Waals surface area contributed by atoms with Crippen LogP contribution in [-0.4, -0.2) is 52.1 Å². The lowest BCUT2D eigenvalue weighted by Crippen LogP contribution is -2.61. The smallest absolute Gasteiger partial charge is 0.343 e. The highest BCUT2D eigenvalue weighted by molar-refractivity contribution is 8.47. The first-order valence-electron chi connectivity index (χ1n) is 21.0. The average molecular weight is 859 g/mol. The van der Waals surface area contributed by atoms with E-state index >= 15 is 0 Å². The summed E-state index contributed by atoms with van der Waals surface area (Å²) < 4.78 is 19.4. The third kappa shape index (κ3) is 9.31. The van der Waals surface area contributed by atoms with Crippen molar-refractivity contribution in [2.45, 2.75) is 94.9 Å². The highest BCUT2D eigenvalue weighted by Crippen LogP contribution is 2.54. The monoisotopic (exact) mass is 858 g/mol. The Labute approximate surface area is 368 Å². The number of esters is 2. The molecule has 0 saturated heterocycles. The number of aryl methyl sites for hydroxylation is 1. The van der Waals surface area contributed by atoms with Crippen molar-refractivity contribution < 1.29 is 23.8 Å². The first-order chi connectivity index (χ1) is 29.0. The van der Waals surface area contributed by atoms with Gasteiger partial charge in [0, 0.05) is 18.1 Å². The van der Waals surface area contributed by atoms with Crippen molar-refractivity contribution in [3.8, 4) is 11.5 Å². The minimum Gasteiger partial charge on any atom is -0.465 e. The molecule has 7 rings (SSSR count). The summed E-state index contributed by atoms with van der Waals surface area (Å²) in [7, 11) is 2.05. The van der Waals surface area contributed by atoms with Crippen LogP contribution in [0.25, 0.3) is 10.8 Å². The number of thioether (sulfide) groups is 2. The number of unbranched alkanes of at least 4 members (excludes halogenated alkanes) is 2. The second-order valence-electron chi connectivity index (χ2n) is 16.1. The summed E-state index contributed by atoms with van der Waals surface area (Å²) in [6, 6.07) is 36.0. The quantitative estimate of drug-likeness (QED) is 0.0417. The van der Waals surface area contributed by atoms with Crippen LogP contribution in [-0.2, 0) is 21.4 Å². The number of aliphatic imine (C=N–C) groups is 1. The molecule has 5 aromatic rings. The predicted octanol–water partition coefficient (Wildman–Crippen LogP) is 12.6. The maximum Gasteiger partial charge on any atom is 0.343 e. The molecule has 0 aromatic heterocycles. The Kier molecular flexibility index (Phi) is 14.0. The van der Waals surface area contributed by atoms with Crippen LogP contribution in [0.4, 0.5) is 11.4 Å². The van der Waals surface area contributed by atoms with Crippen molar-refractivity contribution >= 4 is 79.6 Å². The molecule has 3 atom stereocenters. The van der Waals surface area contributed by atoms with E-state index in [1.807, 2.05) is 85.1 Å². The fraction of sp³-hybridized carbons (Fsp3) is 0.360. The zero-order chi connectivity index (χ0) is 42.3. The lowest BCUT2D eigenvalue weighted by molar-refractivity contribution is -0.143. The lowest BCUT2D eigenvalue weighted by Gasteiger charge is -2.45. The van der Waals surface area contributed by atoms with Crippen molar-refractivity contribution in [1.29, 1.82) is 0 Å². The third-order valence-corrected chi connectivity index (χ3v) is 14.7. The number of hydrogen-bond donors (Lipinski definition) is 0. The molecule has 2 aliphatic heterocycles. The van der Waals surface area contributed by atoms with E-state index in [2.05, 4.69) is 70.0 Å². The van der Waals surface area contributed by atoms with Crippen molar-refractivity contribution in [1.82, 2.24) is 0 Å². The van der Waals surface area contributed by atoms with Gasteiger partial charge in [0.1, 0.15) is 26.0 Å². The molecule has 3 unspecified atom stereocenters. The molecule has 5 aromatic carbocycles. The molecule has 60 heavy (non-hydrogen) atoms. The minimum atomic E-state index is -0.791. The van der Waals surface area contributed by atoms with Gasteiger partial charge in [0.05, 0.1) is 23.8 Å². The molecule has 0 radical (unpaired) electrons. The van der Waals surface area contributed by atoms with Gasteiger partial charge in [-0.05, 0) is 116 Å². The number of fused-ring (bicyclic) bond motifs is 4. The molecular weight excluding hydrogens is 805 g/mol. The van der Waals surface area contributed by atoms with E-state index in [1.54, 1.807) is 11.8 Å². The standard InChI is InChI=1S/C50H54N2O5S3/c1-6-8-29-55-47(54)44(60-48(58)59-30-9-7-2)31-38(35-15-11-10-12-16-35)24-21-34-19-22-37(23-20-34)46(53)56-39-27-25-36-26-28-43-45(40(36)32-39)51-33-50(57-43)49(3,4)41-17-13-14-18-42(41)52(50)5/h10-20,22-23,25-28,32-33,38,44H,6-9,21,24,29-31H2,1-5H3. The molecule has 0 saturated carbocycles. The van der Waals surface area contributed by atoms with Crippen LogP contribution in [0.15, 0.2) is 114 Å². The number of hydrogen-bond acceptors (Lipinski definition) is 10. The summed E-state index contributed by atoms with van der Waals surface area (Å²) in [4.78, 5) is 34.1. The lowest BCUT2D eigenvalue weighted by atomic mass is 9.77. The molecule has 1 spiro atoms. The normalized spacial score (nSPS) is 17.1. The molecule has 7 nitrogen and oxygen atoms in total. The van der Waals surface area contributed by atoms with Gasteiger partial charge in [0.25, 0.3) is 0 Å². The Morgan fingerprint density at radius 3 is 2.38 bits per heavy atom. The molecule has 0 fully saturated rings. The van der Waals surface area contributed by atoms with Crippen molar-refractivity contribution in [3.63, 3.8) is 0 Å². The van der Waals surface area contributed by atoms with Crippen LogP contribution in [0, 0.1) is 0 Å². The zero-order valence-corrected chi connectivity index (χ0v) is 37.6. The predicted molar refractivity (Wildman–Crippen MR) is 254 cm³/mol. The van der Waals surface area contributed by atoms with Crippen molar-refractivity contribution in [2.24, 2.45) is 4.99 Å². The fourth-order valence-corrected chi connectivity index (χ4v) is 11.0. The van der Waals surface area contributed by atoms with Gasteiger partial charge in [0.15, 0.2) is 0 Å². The van der Waals surface area contributed by atoms with Gasteiger partial charge in [0.2, 0.25) is 5.72 Å². The fourth-order valence-electron chi connectivity index (χ4n) is 8.19. The Balaban J connectivity index is 1.03. The maximum absolute atomic E-state index is 13.5. The number of rotatable bonds is 16. The summed E-state index contributed by atoms with van der Waals surface area (Å²) in [6.45, 7) is 9.06. The van der Waals surface area contributed by atoms with Crippen LogP contribution in [0.2, 0.25) is 0 Å². The number of carbonyl (C=O) groups is 2. The summed E-state index contributed by atoms with van der Waals surface area (Å²) in [6.07, 6.45) is 8.12. The number of nitrogens with zero attached hydrogens (tertiary/aromatic N) is 2. The molecule has 0 aliphatic carbocycles. The number of anilines is 1. The van der Waals surface area contributed by atoms with Crippen LogP contribution >= 0.6 is 35.7 Å². The van der Waals surface area contributed by atoms with Crippen LogP contribution in [0.3, 0.4) is 0 Å². The summed E-state index contributed by atoms with van der Waals surface area (Å²) >= 11 is 8.87. The van der Waals surface area contributed by atoms with E-state index in [0.717, 1.165) is 69.8 Å². The molecule has 312 valence electrons. The molecule has 0 amide bonds. The average Bonchev–Trinajstić information content (AvgIpc) is 3.42. The van der Waals surface area contributed by atoms with Crippen LogP contribution in [0.1, 0.15) is 99.2 Å². The molecular formula is C50H54N2O5S3. The second kappa shape index (κ2) is 19.4. The Morgan fingerprint density at radius 2 is 1.63 bits per heavy atom. The van der Waals surface area contributed by atoms with Crippen LogP contribution in [0.5, 0.6) is 11.5 Å². The van der Waals surface area contributed by atoms with E-state index in [1.165, 1.54) is 22.9 Å². The van der Waals surface area contributed by atoms with E-state index in [0.29, 0.717) is 35.8 Å². The SMILES string of the molecule is CCCCOC(=O)C(CC(CCc1ccc(C(=O)Oc2ccc3ccc4c(c3c2)N=CC2(O4)N(C)c3ccccc3C2(C)C)cc1)c1ccccc1)SC(=S)SCCCC. The highest BCUT2D eigenvalue weighted by Gasteiger charge is 2.58. The van der Waals surface area contributed by atoms with Gasteiger partial charge in [-0.3, -0.25) is 9.79 Å². The Hall–Kier alpha value is -4.64. The topological polar surface area (TPSA) is 77.4 Å². The summed E-state index contributed by atoms with van der Waals surface area (Å²) in [5.74, 6) is 1.54. The van der Waals surface area contributed by atoms with Gasteiger partial charge in [-0.1, -0.05) is 123 Å². The second-order valence-corrected chi connectivity index (χ2v) is 19.6. The minimum absolute atomic E-state index is 0.108. The highest BCUT2D eigenvalue weighted by atomic mass is 32.2. The largest absolute Gasteiger partial charge is 0.465 e. The first kappa shape index (κ1) is 43.4. The van der Waals surface area contributed by atoms with Crippen LogP contribution < -0.4 is 14.4 Å². The van der Waals surface area contributed by atoms with E-state index < -0.39 is 11.7 Å².